The molecule has 166 valence electrons. The number of rotatable bonds is 7. The van der Waals surface area contributed by atoms with Crippen molar-refractivity contribution in [1.29, 1.82) is 0 Å². The molecule has 0 aliphatic carbocycles. The van der Waals surface area contributed by atoms with Gasteiger partial charge in [0.2, 0.25) is 23.5 Å². The summed E-state index contributed by atoms with van der Waals surface area (Å²) in [6.07, 6.45) is 3.33. The van der Waals surface area contributed by atoms with Crippen LogP contribution in [0.25, 0.3) is 11.5 Å². The maximum Gasteiger partial charge on any atom is 0.243 e. The Labute approximate surface area is 193 Å². The van der Waals surface area contributed by atoms with Gasteiger partial charge in [-0.15, -0.1) is 0 Å². The monoisotopic (exact) mass is 498 g/mol. The maximum atomic E-state index is 12.3. The molecule has 0 spiro atoms. The van der Waals surface area contributed by atoms with Crippen molar-refractivity contribution in [3.05, 3.63) is 59.0 Å². The van der Waals surface area contributed by atoms with E-state index in [-0.39, 0.29) is 30.8 Å². The van der Waals surface area contributed by atoms with Crippen molar-refractivity contribution in [2.75, 3.05) is 31.5 Å². The Morgan fingerprint density at radius 3 is 2.62 bits per heavy atom. The number of hydrogen-bond acceptors (Lipinski definition) is 7. The highest BCUT2D eigenvalue weighted by atomic mass is 79.9. The molecular weight excluding hydrogens is 476 g/mol. The van der Waals surface area contributed by atoms with Gasteiger partial charge in [-0.1, -0.05) is 23.4 Å². The predicted molar refractivity (Wildman–Crippen MR) is 122 cm³/mol. The zero-order chi connectivity index (χ0) is 22.3. The molecule has 0 saturated carbocycles. The van der Waals surface area contributed by atoms with Gasteiger partial charge in [0.05, 0.1) is 18.8 Å². The molecule has 0 unspecified atom stereocenters. The molecule has 0 atom stereocenters. The number of nitrogens with one attached hydrogen (secondary N) is 2. The molecule has 1 aromatic carbocycles. The van der Waals surface area contributed by atoms with Crippen LogP contribution in [0, 0.1) is 0 Å². The number of carbonyl (C=O) groups excluding carboxylic acids is 2. The van der Waals surface area contributed by atoms with E-state index in [0.717, 1.165) is 30.4 Å². The Bertz CT molecular complexity index is 1070. The van der Waals surface area contributed by atoms with Crippen molar-refractivity contribution in [2.45, 2.75) is 18.8 Å². The van der Waals surface area contributed by atoms with Crippen LogP contribution < -0.4 is 10.6 Å². The van der Waals surface area contributed by atoms with Gasteiger partial charge in [-0.05, 0) is 66.1 Å². The summed E-state index contributed by atoms with van der Waals surface area (Å²) < 4.78 is 6.24. The van der Waals surface area contributed by atoms with E-state index in [1.54, 1.807) is 12.3 Å². The number of pyridine rings is 1. The van der Waals surface area contributed by atoms with Crippen LogP contribution in [-0.2, 0) is 9.59 Å². The van der Waals surface area contributed by atoms with Crippen molar-refractivity contribution in [3.8, 4) is 11.5 Å². The second-order valence-electron chi connectivity index (χ2n) is 7.53. The topological polar surface area (TPSA) is 113 Å². The third-order valence-electron chi connectivity index (χ3n) is 5.23. The van der Waals surface area contributed by atoms with Crippen LogP contribution in [0.1, 0.15) is 24.7 Å². The summed E-state index contributed by atoms with van der Waals surface area (Å²) in [7, 11) is 0. The van der Waals surface area contributed by atoms with Gasteiger partial charge in [0.25, 0.3) is 0 Å². The first kappa shape index (κ1) is 22.1. The average Bonchev–Trinajstić information content (AvgIpc) is 3.31. The number of aromatic nitrogens is 3. The number of carbonyl (C=O) groups is 2. The SMILES string of the molecule is O=C(CN1CCC(c2nc(-c3ccccn3)no2)CC1)NCC(=O)Nc1ccccc1Br. The second kappa shape index (κ2) is 10.5. The van der Waals surface area contributed by atoms with Crippen molar-refractivity contribution >= 4 is 33.4 Å². The number of para-hydroxylation sites is 1. The Morgan fingerprint density at radius 1 is 1.09 bits per heavy atom. The molecule has 0 bridgehead atoms. The third-order valence-corrected chi connectivity index (χ3v) is 5.93. The lowest BCUT2D eigenvalue weighted by Crippen LogP contribution is -2.43. The van der Waals surface area contributed by atoms with Gasteiger partial charge in [0.1, 0.15) is 5.69 Å². The van der Waals surface area contributed by atoms with Crippen LogP contribution in [0.5, 0.6) is 0 Å². The zero-order valence-electron chi connectivity index (χ0n) is 17.3. The van der Waals surface area contributed by atoms with E-state index < -0.39 is 0 Å². The van der Waals surface area contributed by atoms with E-state index in [2.05, 4.69) is 46.6 Å². The van der Waals surface area contributed by atoms with E-state index in [9.17, 15) is 9.59 Å². The molecule has 9 nitrogen and oxygen atoms in total. The minimum atomic E-state index is -0.274. The van der Waals surface area contributed by atoms with Gasteiger partial charge < -0.3 is 15.2 Å². The highest BCUT2D eigenvalue weighted by Crippen LogP contribution is 2.28. The quantitative estimate of drug-likeness (QED) is 0.514. The Balaban J connectivity index is 1.19. The van der Waals surface area contributed by atoms with E-state index in [1.807, 2.05) is 36.4 Å². The molecule has 0 radical (unpaired) electrons. The number of benzene rings is 1. The smallest absolute Gasteiger partial charge is 0.243 e. The summed E-state index contributed by atoms with van der Waals surface area (Å²) in [5, 5.41) is 9.48. The Kier molecular flexibility index (Phi) is 7.23. The number of nitrogens with zero attached hydrogens (tertiary/aromatic N) is 4. The van der Waals surface area contributed by atoms with Crippen LogP contribution in [0.15, 0.2) is 57.7 Å². The predicted octanol–water partition coefficient (Wildman–Crippen LogP) is 2.83. The molecule has 2 amide bonds. The molecule has 1 aliphatic heterocycles. The van der Waals surface area contributed by atoms with Crippen molar-refractivity contribution < 1.29 is 14.1 Å². The molecule has 32 heavy (non-hydrogen) atoms. The van der Waals surface area contributed by atoms with Crippen LogP contribution in [0.4, 0.5) is 5.69 Å². The van der Waals surface area contributed by atoms with Crippen LogP contribution in [-0.4, -0.2) is 58.0 Å². The number of anilines is 1. The molecule has 1 fully saturated rings. The molecule has 3 heterocycles. The fraction of sp³-hybridized carbons (Fsp3) is 0.318. The molecule has 2 N–H and O–H groups in total. The Hall–Kier alpha value is -3.11. The standard InChI is InChI=1S/C22H23BrN6O3/c23-16-5-1-2-6-17(16)26-19(30)13-25-20(31)14-29-11-8-15(9-12-29)22-27-21(28-32-22)18-7-3-4-10-24-18/h1-7,10,15H,8-9,11-14H2,(H,25,31)(H,26,30). The molecule has 4 rings (SSSR count). The lowest BCUT2D eigenvalue weighted by atomic mass is 9.97. The normalized spacial score (nSPS) is 14.8. The van der Waals surface area contributed by atoms with E-state index >= 15 is 0 Å². The van der Waals surface area contributed by atoms with Crippen LogP contribution in [0.2, 0.25) is 0 Å². The summed E-state index contributed by atoms with van der Waals surface area (Å²) >= 11 is 3.38. The maximum absolute atomic E-state index is 12.3. The summed E-state index contributed by atoms with van der Waals surface area (Å²) in [5.74, 6) is 0.807. The summed E-state index contributed by atoms with van der Waals surface area (Å²) in [5.41, 5.74) is 1.35. The number of amides is 2. The Morgan fingerprint density at radius 2 is 1.88 bits per heavy atom. The largest absolute Gasteiger partial charge is 0.346 e. The third kappa shape index (κ3) is 5.77. The van der Waals surface area contributed by atoms with Gasteiger partial charge in [-0.25, -0.2) is 0 Å². The fourth-order valence-corrected chi connectivity index (χ4v) is 3.92. The lowest BCUT2D eigenvalue weighted by molar-refractivity contribution is -0.125. The van der Waals surface area contributed by atoms with Crippen molar-refractivity contribution in [2.24, 2.45) is 0 Å². The zero-order valence-corrected chi connectivity index (χ0v) is 18.9. The summed E-state index contributed by atoms with van der Waals surface area (Å²) in [6.45, 7) is 1.65. The number of piperidine rings is 1. The average molecular weight is 499 g/mol. The number of likely N-dealkylation sites (tertiary alicyclic amines) is 1. The molecular formula is C22H23BrN6O3. The molecule has 1 aliphatic rings. The highest BCUT2D eigenvalue weighted by molar-refractivity contribution is 9.10. The van der Waals surface area contributed by atoms with Crippen LogP contribution >= 0.6 is 15.9 Å². The van der Waals surface area contributed by atoms with E-state index in [0.29, 0.717) is 23.1 Å². The van der Waals surface area contributed by atoms with E-state index in [4.69, 9.17) is 4.52 Å². The summed E-state index contributed by atoms with van der Waals surface area (Å²) in [4.78, 5) is 35.1. The molecule has 2 aromatic heterocycles. The van der Waals surface area contributed by atoms with Gasteiger partial charge in [-0.2, -0.15) is 4.98 Å². The van der Waals surface area contributed by atoms with Crippen molar-refractivity contribution in [3.63, 3.8) is 0 Å². The summed E-state index contributed by atoms with van der Waals surface area (Å²) in [6, 6.07) is 12.9. The minimum absolute atomic E-state index is 0.0745. The highest BCUT2D eigenvalue weighted by Gasteiger charge is 2.26. The first-order valence-corrected chi connectivity index (χ1v) is 11.2. The fourth-order valence-electron chi connectivity index (χ4n) is 3.53. The first-order chi connectivity index (χ1) is 15.6. The minimum Gasteiger partial charge on any atom is -0.346 e. The van der Waals surface area contributed by atoms with Crippen molar-refractivity contribution in [1.82, 2.24) is 25.3 Å². The van der Waals surface area contributed by atoms with Gasteiger partial charge >= 0.3 is 0 Å². The second-order valence-corrected chi connectivity index (χ2v) is 8.38. The number of halogens is 1. The molecule has 3 aromatic rings. The molecule has 10 heteroatoms. The van der Waals surface area contributed by atoms with Gasteiger partial charge in [0, 0.05) is 16.6 Å². The van der Waals surface area contributed by atoms with E-state index in [1.165, 1.54) is 0 Å². The van der Waals surface area contributed by atoms with Crippen LogP contribution in [0.3, 0.4) is 0 Å². The lowest BCUT2D eigenvalue weighted by Gasteiger charge is -2.29. The number of hydrogen-bond donors (Lipinski definition) is 2. The van der Waals surface area contributed by atoms with Gasteiger partial charge in [0.15, 0.2) is 0 Å². The molecule has 1 saturated heterocycles. The first-order valence-electron chi connectivity index (χ1n) is 10.4. The van der Waals surface area contributed by atoms with Gasteiger partial charge in [-0.3, -0.25) is 19.5 Å².